The van der Waals surface area contributed by atoms with Crippen LogP contribution in [0, 0.1) is 11.3 Å². The first-order valence-corrected chi connectivity index (χ1v) is 10.6. The molecule has 2 N–H and O–H groups in total. The van der Waals surface area contributed by atoms with Gasteiger partial charge in [0.15, 0.2) is 11.6 Å². The summed E-state index contributed by atoms with van der Waals surface area (Å²) in [5, 5.41) is 33.1. The van der Waals surface area contributed by atoms with Crippen LogP contribution in [0.2, 0.25) is 0 Å². The summed E-state index contributed by atoms with van der Waals surface area (Å²) in [6, 6.07) is 23.1. The van der Waals surface area contributed by atoms with Crippen LogP contribution >= 0.6 is 0 Å². The summed E-state index contributed by atoms with van der Waals surface area (Å²) in [6.07, 6.45) is 4.76. The zero-order valence-corrected chi connectivity index (χ0v) is 18.2. The van der Waals surface area contributed by atoms with Crippen LogP contribution in [0.15, 0.2) is 102 Å². The number of carbonyl (C=O) groups is 1. The number of anilines is 1. The van der Waals surface area contributed by atoms with Crippen molar-refractivity contribution in [3.05, 3.63) is 103 Å². The molecule has 0 saturated heterocycles. The molecule has 5 rings (SSSR count). The Morgan fingerprint density at radius 3 is 2.49 bits per heavy atom. The molecule has 0 spiro atoms. The molecule has 9 nitrogen and oxygen atoms in total. The van der Waals surface area contributed by atoms with Gasteiger partial charge in [-0.2, -0.15) is 5.26 Å². The molecule has 2 heterocycles. The topological polar surface area (TPSA) is 129 Å². The molecule has 0 aliphatic carbocycles. The Bertz CT molecular complexity index is 1600. The third kappa shape index (κ3) is 4.19. The van der Waals surface area contributed by atoms with E-state index in [0.29, 0.717) is 22.4 Å². The summed E-state index contributed by atoms with van der Waals surface area (Å²) in [7, 11) is 0. The van der Waals surface area contributed by atoms with Crippen molar-refractivity contribution in [1.29, 1.82) is 5.26 Å². The minimum absolute atomic E-state index is 0.0724. The van der Waals surface area contributed by atoms with Gasteiger partial charge in [-0.25, -0.2) is 9.97 Å². The number of rotatable bonds is 5. The highest BCUT2D eigenvalue weighted by atomic mass is 16.3. The Labute approximate surface area is 199 Å². The third-order valence-electron chi connectivity index (χ3n) is 5.26. The summed E-state index contributed by atoms with van der Waals surface area (Å²) in [6.45, 7) is 0. The minimum Gasteiger partial charge on any atom is -0.505 e. The van der Waals surface area contributed by atoms with Gasteiger partial charge in [0.2, 0.25) is 5.95 Å². The normalized spacial score (nSPS) is 10.9. The number of para-hydroxylation sites is 1. The van der Waals surface area contributed by atoms with Gasteiger partial charge in [0.25, 0.3) is 5.91 Å². The molecule has 5 aromatic rings. The Morgan fingerprint density at radius 1 is 0.971 bits per heavy atom. The average molecular weight is 459 g/mol. The average Bonchev–Trinajstić information content (AvgIpc) is 3.31. The molecule has 0 fully saturated rings. The van der Waals surface area contributed by atoms with Crippen LogP contribution in [-0.2, 0) is 0 Å². The standard InChI is InChI=1S/C26H17N7O2/c27-16-18-11-14-33(26-28-12-6-13-29-26)24(18)32-31-21-15-17-7-4-5-10-20(17)22(23(21)34)25(35)30-19-8-2-1-3-9-19/h1-15,34H,(H,30,35). The minimum atomic E-state index is -0.485. The predicted octanol–water partition coefficient (Wildman–Crippen LogP) is 5.67. The number of aromatic hydroxyl groups is 1. The Balaban J connectivity index is 1.60. The number of aromatic nitrogens is 3. The molecule has 9 heteroatoms. The highest BCUT2D eigenvalue weighted by Gasteiger charge is 2.20. The summed E-state index contributed by atoms with van der Waals surface area (Å²) in [4.78, 5) is 21.5. The molecule has 0 atom stereocenters. The molecule has 2 aromatic heterocycles. The van der Waals surface area contributed by atoms with Crippen LogP contribution in [0.4, 0.5) is 17.2 Å². The number of carbonyl (C=O) groups excluding carboxylic acids is 1. The molecule has 0 aliphatic rings. The number of hydrogen-bond donors (Lipinski definition) is 2. The van der Waals surface area contributed by atoms with Crippen LogP contribution in [-0.4, -0.2) is 25.5 Å². The number of hydrogen-bond acceptors (Lipinski definition) is 7. The van der Waals surface area contributed by atoms with E-state index in [2.05, 4.69) is 31.6 Å². The molecule has 168 valence electrons. The van der Waals surface area contributed by atoms with Gasteiger partial charge in [-0.3, -0.25) is 9.36 Å². The maximum atomic E-state index is 13.2. The van der Waals surface area contributed by atoms with E-state index < -0.39 is 5.91 Å². The Hall–Kier alpha value is -5.36. The molecule has 0 saturated carbocycles. The van der Waals surface area contributed by atoms with Crippen LogP contribution in [0.3, 0.4) is 0 Å². The first kappa shape index (κ1) is 21.5. The second-order valence-corrected chi connectivity index (χ2v) is 7.44. The summed E-state index contributed by atoms with van der Waals surface area (Å²) in [5.41, 5.74) is 0.992. The lowest BCUT2D eigenvalue weighted by Gasteiger charge is -2.12. The lowest BCUT2D eigenvalue weighted by atomic mass is 10.0. The quantitative estimate of drug-likeness (QED) is 0.327. The zero-order chi connectivity index (χ0) is 24.2. The largest absolute Gasteiger partial charge is 0.505 e. The van der Waals surface area contributed by atoms with E-state index in [-0.39, 0.29) is 28.4 Å². The Morgan fingerprint density at radius 2 is 1.71 bits per heavy atom. The second kappa shape index (κ2) is 9.25. The summed E-state index contributed by atoms with van der Waals surface area (Å²) >= 11 is 0. The van der Waals surface area contributed by atoms with Gasteiger partial charge < -0.3 is 10.4 Å². The van der Waals surface area contributed by atoms with E-state index in [0.717, 1.165) is 0 Å². The van der Waals surface area contributed by atoms with Gasteiger partial charge in [-0.1, -0.05) is 42.5 Å². The van der Waals surface area contributed by atoms with Crippen molar-refractivity contribution in [2.75, 3.05) is 5.32 Å². The first-order chi connectivity index (χ1) is 17.2. The number of benzene rings is 3. The number of fused-ring (bicyclic) bond motifs is 1. The van der Waals surface area contributed by atoms with Gasteiger partial charge in [0, 0.05) is 24.3 Å². The third-order valence-corrected chi connectivity index (χ3v) is 5.26. The van der Waals surface area contributed by atoms with Gasteiger partial charge in [-0.05, 0) is 41.1 Å². The molecule has 0 bridgehead atoms. The van der Waals surface area contributed by atoms with E-state index >= 15 is 0 Å². The highest BCUT2D eigenvalue weighted by molar-refractivity contribution is 6.16. The van der Waals surface area contributed by atoms with Crippen molar-refractivity contribution < 1.29 is 9.90 Å². The summed E-state index contributed by atoms with van der Waals surface area (Å²) < 4.78 is 1.52. The van der Waals surface area contributed by atoms with Crippen molar-refractivity contribution >= 4 is 33.9 Å². The molecule has 0 aliphatic heterocycles. The lowest BCUT2D eigenvalue weighted by molar-refractivity contribution is 0.102. The molecule has 0 unspecified atom stereocenters. The first-order valence-electron chi connectivity index (χ1n) is 10.6. The SMILES string of the molecule is N#Cc1ccn(-c2ncccn2)c1N=Nc1cc2ccccc2c(C(=O)Nc2ccccc2)c1O. The molecular formula is C26H17N7O2. The van der Waals surface area contributed by atoms with E-state index in [4.69, 9.17) is 0 Å². The van der Waals surface area contributed by atoms with E-state index in [1.54, 1.807) is 73.2 Å². The molecule has 1 amide bonds. The van der Waals surface area contributed by atoms with E-state index in [1.807, 2.05) is 18.2 Å². The second-order valence-electron chi connectivity index (χ2n) is 7.44. The Kier molecular flexibility index (Phi) is 5.68. The number of azo groups is 1. The van der Waals surface area contributed by atoms with Crippen molar-refractivity contribution in [3.63, 3.8) is 0 Å². The monoisotopic (exact) mass is 459 g/mol. The van der Waals surface area contributed by atoms with E-state index in [9.17, 15) is 15.2 Å². The van der Waals surface area contributed by atoms with Gasteiger partial charge in [-0.15, -0.1) is 10.2 Å². The fraction of sp³-hybridized carbons (Fsp3) is 0. The van der Waals surface area contributed by atoms with Crippen molar-refractivity contribution in [3.8, 4) is 17.8 Å². The lowest BCUT2D eigenvalue weighted by Crippen LogP contribution is -2.12. The van der Waals surface area contributed by atoms with Crippen LogP contribution < -0.4 is 5.32 Å². The van der Waals surface area contributed by atoms with Crippen LogP contribution in [0.25, 0.3) is 16.7 Å². The number of nitrogens with zero attached hydrogens (tertiary/aromatic N) is 6. The smallest absolute Gasteiger partial charge is 0.260 e. The zero-order valence-electron chi connectivity index (χ0n) is 18.2. The number of phenolic OH excluding ortho intramolecular Hbond substituents is 1. The van der Waals surface area contributed by atoms with Gasteiger partial charge in [0.1, 0.15) is 11.8 Å². The maximum absolute atomic E-state index is 13.2. The van der Waals surface area contributed by atoms with Crippen molar-refractivity contribution in [2.24, 2.45) is 10.2 Å². The van der Waals surface area contributed by atoms with Crippen molar-refractivity contribution in [1.82, 2.24) is 14.5 Å². The number of phenols is 1. The van der Waals surface area contributed by atoms with Crippen LogP contribution in [0.5, 0.6) is 5.75 Å². The van der Waals surface area contributed by atoms with Crippen molar-refractivity contribution in [2.45, 2.75) is 0 Å². The number of nitriles is 1. The molecule has 3 aromatic carbocycles. The fourth-order valence-corrected chi connectivity index (χ4v) is 3.63. The van der Waals surface area contributed by atoms with Gasteiger partial charge >= 0.3 is 0 Å². The highest BCUT2D eigenvalue weighted by Crippen LogP contribution is 2.38. The molecular weight excluding hydrogens is 442 g/mol. The van der Waals surface area contributed by atoms with Crippen LogP contribution in [0.1, 0.15) is 15.9 Å². The number of nitrogens with one attached hydrogen (secondary N) is 1. The molecule has 35 heavy (non-hydrogen) atoms. The fourth-order valence-electron chi connectivity index (χ4n) is 3.63. The number of amides is 1. The predicted molar refractivity (Wildman–Crippen MR) is 130 cm³/mol. The van der Waals surface area contributed by atoms with Gasteiger partial charge in [0.05, 0.1) is 11.1 Å². The summed E-state index contributed by atoms with van der Waals surface area (Å²) in [5.74, 6) is -0.302. The van der Waals surface area contributed by atoms with E-state index in [1.165, 1.54) is 4.57 Å². The molecule has 0 radical (unpaired) electrons. The maximum Gasteiger partial charge on any atom is 0.260 e.